The van der Waals surface area contributed by atoms with Gasteiger partial charge in [-0.1, -0.05) is 19.8 Å². The minimum absolute atomic E-state index is 0.0197. The maximum Gasteiger partial charge on any atom is 0.239 e. The van der Waals surface area contributed by atoms with E-state index < -0.39 is 0 Å². The van der Waals surface area contributed by atoms with E-state index in [-0.39, 0.29) is 11.9 Å². The second kappa shape index (κ2) is 7.25. The van der Waals surface area contributed by atoms with E-state index in [2.05, 4.69) is 19.2 Å². The molecule has 4 nitrogen and oxygen atoms in total. The van der Waals surface area contributed by atoms with Crippen LogP contribution in [0.3, 0.4) is 0 Å². The van der Waals surface area contributed by atoms with Crippen LogP contribution in [0.5, 0.6) is 0 Å². The zero-order valence-corrected chi connectivity index (χ0v) is 12.4. The van der Waals surface area contributed by atoms with Gasteiger partial charge in [-0.2, -0.15) is 0 Å². The average Bonchev–Trinajstić information content (AvgIpc) is 2.99. The first-order chi connectivity index (χ1) is 9.22. The Morgan fingerprint density at radius 2 is 1.95 bits per heavy atom. The summed E-state index contributed by atoms with van der Waals surface area (Å²) in [6.07, 6.45) is 6.20. The molecule has 0 aromatic rings. The van der Waals surface area contributed by atoms with Crippen molar-refractivity contribution in [1.29, 1.82) is 0 Å². The lowest BCUT2D eigenvalue weighted by Crippen LogP contribution is -2.53. The molecule has 0 unspecified atom stereocenters. The first-order valence-electron chi connectivity index (χ1n) is 7.85. The van der Waals surface area contributed by atoms with E-state index in [1.165, 1.54) is 25.7 Å². The fraction of sp³-hybridized carbons (Fsp3) is 0.933. The molecule has 2 fully saturated rings. The summed E-state index contributed by atoms with van der Waals surface area (Å²) in [5.41, 5.74) is 0. The van der Waals surface area contributed by atoms with Gasteiger partial charge in [0.15, 0.2) is 0 Å². The third-order valence-electron chi connectivity index (χ3n) is 4.60. The van der Waals surface area contributed by atoms with Crippen molar-refractivity contribution < 1.29 is 9.53 Å². The van der Waals surface area contributed by atoms with E-state index in [1.807, 2.05) is 4.90 Å². The van der Waals surface area contributed by atoms with Crippen molar-refractivity contribution in [3.63, 3.8) is 0 Å². The van der Waals surface area contributed by atoms with E-state index in [9.17, 15) is 4.79 Å². The van der Waals surface area contributed by atoms with Crippen LogP contribution in [0.4, 0.5) is 0 Å². The summed E-state index contributed by atoms with van der Waals surface area (Å²) in [6.45, 7) is 7.19. The molecule has 1 amide bonds. The van der Waals surface area contributed by atoms with E-state index in [4.69, 9.17) is 4.74 Å². The topological polar surface area (TPSA) is 41.6 Å². The molecule has 4 heteroatoms. The molecular formula is C15H28N2O2. The molecule has 0 radical (unpaired) electrons. The second-order valence-corrected chi connectivity index (χ2v) is 5.90. The van der Waals surface area contributed by atoms with Crippen molar-refractivity contribution in [2.24, 2.45) is 5.92 Å². The quantitative estimate of drug-likeness (QED) is 0.826. The Morgan fingerprint density at radius 3 is 2.53 bits per heavy atom. The summed E-state index contributed by atoms with van der Waals surface area (Å²) in [6, 6.07) is 0.436. The number of hydrogen-bond acceptors (Lipinski definition) is 3. The van der Waals surface area contributed by atoms with Crippen molar-refractivity contribution in [2.45, 2.75) is 58.0 Å². The summed E-state index contributed by atoms with van der Waals surface area (Å²) in [5, 5.41) is 3.57. The highest BCUT2D eigenvalue weighted by Gasteiger charge is 2.28. The first kappa shape index (κ1) is 14.8. The van der Waals surface area contributed by atoms with E-state index in [1.54, 1.807) is 0 Å². The van der Waals surface area contributed by atoms with Crippen LogP contribution in [0.15, 0.2) is 0 Å². The van der Waals surface area contributed by atoms with Gasteiger partial charge in [0.25, 0.3) is 0 Å². The molecule has 1 N–H and O–H groups in total. The normalized spacial score (nSPS) is 24.4. The Balaban J connectivity index is 1.85. The van der Waals surface area contributed by atoms with Gasteiger partial charge in [0.05, 0.1) is 19.3 Å². The molecule has 19 heavy (non-hydrogen) atoms. The van der Waals surface area contributed by atoms with Crippen molar-refractivity contribution >= 4 is 5.91 Å². The van der Waals surface area contributed by atoms with Crippen LogP contribution in [0.1, 0.15) is 46.0 Å². The van der Waals surface area contributed by atoms with Gasteiger partial charge in [0, 0.05) is 19.1 Å². The van der Waals surface area contributed by atoms with Crippen LogP contribution in [0.2, 0.25) is 0 Å². The van der Waals surface area contributed by atoms with Crippen molar-refractivity contribution in [3.8, 4) is 0 Å². The number of hydrogen-bond donors (Lipinski definition) is 1. The number of morpholine rings is 1. The zero-order valence-electron chi connectivity index (χ0n) is 12.4. The standard InChI is InChI=1S/C15H28N2O2/c1-3-14(15(18)17-8-10-19-11-9-17)16-12(2)13-6-4-5-7-13/h12-14,16H,3-11H2,1-2H3/t12-,14+/m0/s1. The predicted molar refractivity (Wildman–Crippen MR) is 76.0 cm³/mol. The van der Waals surface area contributed by atoms with Crippen molar-refractivity contribution in [2.75, 3.05) is 26.3 Å². The molecule has 2 rings (SSSR count). The van der Waals surface area contributed by atoms with E-state index >= 15 is 0 Å². The summed E-state index contributed by atoms with van der Waals surface area (Å²) in [4.78, 5) is 14.4. The largest absolute Gasteiger partial charge is 0.378 e. The lowest BCUT2D eigenvalue weighted by Gasteiger charge is -2.32. The molecule has 2 aliphatic rings. The van der Waals surface area contributed by atoms with Gasteiger partial charge in [0.1, 0.15) is 0 Å². The Labute approximate surface area is 116 Å². The number of carbonyl (C=O) groups is 1. The molecule has 0 aromatic heterocycles. The number of carbonyl (C=O) groups excluding carboxylic acids is 1. The van der Waals surface area contributed by atoms with Gasteiger partial charge in [0.2, 0.25) is 5.91 Å². The van der Waals surface area contributed by atoms with Crippen LogP contribution in [-0.2, 0) is 9.53 Å². The predicted octanol–water partition coefficient (Wildman–Crippen LogP) is 1.79. The number of amides is 1. The molecular weight excluding hydrogens is 240 g/mol. The minimum Gasteiger partial charge on any atom is -0.378 e. The van der Waals surface area contributed by atoms with Crippen LogP contribution in [-0.4, -0.2) is 49.2 Å². The molecule has 1 aliphatic carbocycles. The fourth-order valence-corrected chi connectivity index (χ4v) is 3.28. The maximum atomic E-state index is 12.5. The Bertz CT molecular complexity index is 284. The van der Waals surface area contributed by atoms with Gasteiger partial charge < -0.3 is 15.0 Å². The lowest BCUT2D eigenvalue weighted by molar-refractivity contribution is -0.137. The Kier molecular flexibility index (Phi) is 5.64. The van der Waals surface area contributed by atoms with Crippen LogP contribution in [0.25, 0.3) is 0 Å². The van der Waals surface area contributed by atoms with Crippen LogP contribution >= 0.6 is 0 Å². The van der Waals surface area contributed by atoms with E-state index in [0.29, 0.717) is 19.3 Å². The number of nitrogens with zero attached hydrogens (tertiary/aromatic N) is 1. The van der Waals surface area contributed by atoms with Gasteiger partial charge in [-0.25, -0.2) is 0 Å². The van der Waals surface area contributed by atoms with Crippen LogP contribution < -0.4 is 5.32 Å². The molecule has 2 atom stereocenters. The monoisotopic (exact) mass is 268 g/mol. The highest BCUT2D eigenvalue weighted by molar-refractivity contribution is 5.82. The highest BCUT2D eigenvalue weighted by Crippen LogP contribution is 2.27. The Hall–Kier alpha value is -0.610. The van der Waals surface area contributed by atoms with Gasteiger partial charge in [-0.3, -0.25) is 4.79 Å². The number of nitrogens with one attached hydrogen (secondary N) is 1. The number of ether oxygens (including phenoxy) is 1. The second-order valence-electron chi connectivity index (χ2n) is 5.90. The summed E-state index contributed by atoms with van der Waals surface area (Å²) in [7, 11) is 0. The summed E-state index contributed by atoms with van der Waals surface area (Å²) < 4.78 is 5.31. The fourth-order valence-electron chi connectivity index (χ4n) is 3.28. The van der Waals surface area contributed by atoms with Gasteiger partial charge in [-0.05, 0) is 32.1 Å². The molecule has 0 spiro atoms. The minimum atomic E-state index is -0.0197. The average molecular weight is 268 g/mol. The van der Waals surface area contributed by atoms with Crippen molar-refractivity contribution in [1.82, 2.24) is 10.2 Å². The molecule has 0 aromatic carbocycles. The van der Waals surface area contributed by atoms with Crippen LogP contribution in [0, 0.1) is 5.92 Å². The third kappa shape index (κ3) is 3.93. The maximum absolute atomic E-state index is 12.5. The SMILES string of the molecule is CC[C@@H](N[C@@H](C)C1CCCC1)C(=O)N1CCOCC1. The molecule has 1 saturated carbocycles. The third-order valence-corrected chi connectivity index (χ3v) is 4.60. The van der Waals surface area contributed by atoms with Gasteiger partial charge >= 0.3 is 0 Å². The lowest BCUT2D eigenvalue weighted by atomic mass is 9.98. The molecule has 0 bridgehead atoms. The Morgan fingerprint density at radius 1 is 1.32 bits per heavy atom. The van der Waals surface area contributed by atoms with Crippen molar-refractivity contribution in [3.05, 3.63) is 0 Å². The highest BCUT2D eigenvalue weighted by atomic mass is 16.5. The summed E-state index contributed by atoms with van der Waals surface area (Å²) in [5.74, 6) is 1.02. The molecule has 1 heterocycles. The molecule has 110 valence electrons. The summed E-state index contributed by atoms with van der Waals surface area (Å²) >= 11 is 0. The van der Waals surface area contributed by atoms with Gasteiger partial charge in [-0.15, -0.1) is 0 Å². The smallest absolute Gasteiger partial charge is 0.239 e. The molecule has 1 saturated heterocycles. The first-order valence-corrected chi connectivity index (χ1v) is 7.85. The number of rotatable bonds is 5. The zero-order chi connectivity index (χ0) is 13.7. The van der Waals surface area contributed by atoms with E-state index in [0.717, 1.165) is 25.4 Å². The molecule has 1 aliphatic heterocycles.